The maximum absolute atomic E-state index is 13.4. The molecule has 0 saturated heterocycles. The van der Waals surface area contributed by atoms with E-state index < -0.39 is 0 Å². The monoisotopic (exact) mass is 354 g/mol. The smallest absolute Gasteiger partial charge is 0.123 e. The van der Waals surface area contributed by atoms with E-state index in [0.717, 1.165) is 22.2 Å². The minimum atomic E-state index is -0.279. The van der Waals surface area contributed by atoms with Crippen LogP contribution in [0.4, 0.5) is 4.39 Å². The van der Waals surface area contributed by atoms with Gasteiger partial charge < -0.3 is 0 Å². The highest BCUT2D eigenvalue weighted by atomic mass is 79.9. The normalized spacial score (nSPS) is 14.1. The predicted molar refractivity (Wildman–Crippen MR) is 85.1 cm³/mol. The van der Waals surface area contributed by atoms with Crippen molar-refractivity contribution >= 4 is 15.9 Å². The molecule has 3 N–H and O–H groups in total. The molecule has 0 aliphatic heterocycles. The highest BCUT2D eigenvalue weighted by Gasteiger charge is 2.16. The SMILES string of the molecule is CCC(C)n1ccc(CC(NN)c2cc(F)ccc2Br)n1. The first-order chi connectivity index (χ1) is 10.0. The molecule has 2 aromatic rings. The molecule has 2 unspecified atom stereocenters. The fourth-order valence-electron chi connectivity index (χ4n) is 2.17. The van der Waals surface area contributed by atoms with Gasteiger partial charge in [0.15, 0.2) is 0 Å². The van der Waals surface area contributed by atoms with Gasteiger partial charge in [-0.2, -0.15) is 5.10 Å². The Morgan fingerprint density at radius 3 is 2.86 bits per heavy atom. The Labute approximate surface area is 132 Å². The highest BCUT2D eigenvalue weighted by Crippen LogP contribution is 2.26. The molecule has 1 aromatic heterocycles. The number of nitrogens with one attached hydrogen (secondary N) is 1. The molecule has 114 valence electrons. The Morgan fingerprint density at radius 1 is 1.43 bits per heavy atom. The fraction of sp³-hybridized carbons (Fsp3) is 0.400. The molecule has 0 radical (unpaired) electrons. The van der Waals surface area contributed by atoms with Crippen LogP contribution in [0, 0.1) is 5.82 Å². The Hall–Kier alpha value is -1.24. The molecule has 0 saturated carbocycles. The Kier molecular flexibility index (Phi) is 5.50. The van der Waals surface area contributed by atoms with Gasteiger partial charge in [0.2, 0.25) is 0 Å². The van der Waals surface area contributed by atoms with Crippen molar-refractivity contribution in [2.24, 2.45) is 5.84 Å². The summed E-state index contributed by atoms with van der Waals surface area (Å²) in [7, 11) is 0. The number of benzene rings is 1. The van der Waals surface area contributed by atoms with Crippen LogP contribution in [0.2, 0.25) is 0 Å². The van der Waals surface area contributed by atoms with Crippen LogP contribution in [-0.4, -0.2) is 9.78 Å². The van der Waals surface area contributed by atoms with Crippen molar-refractivity contribution in [3.63, 3.8) is 0 Å². The third kappa shape index (κ3) is 3.90. The van der Waals surface area contributed by atoms with Gasteiger partial charge in [-0.25, -0.2) is 4.39 Å². The maximum Gasteiger partial charge on any atom is 0.123 e. The van der Waals surface area contributed by atoms with E-state index >= 15 is 0 Å². The first kappa shape index (κ1) is 16.1. The summed E-state index contributed by atoms with van der Waals surface area (Å²) in [5.74, 6) is 5.36. The number of hydrogen-bond acceptors (Lipinski definition) is 3. The van der Waals surface area contributed by atoms with Gasteiger partial charge in [-0.3, -0.25) is 16.0 Å². The molecule has 0 spiro atoms. The van der Waals surface area contributed by atoms with E-state index in [1.807, 2.05) is 16.9 Å². The van der Waals surface area contributed by atoms with E-state index in [4.69, 9.17) is 5.84 Å². The van der Waals surface area contributed by atoms with E-state index in [2.05, 4.69) is 40.3 Å². The highest BCUT2D eigenvalue weighted by molar-refractivity contribution is 9.10. The van der Waals surface area contributed by atoms with Crippen molar-refractivity contribution in [1.82, 2.24) is 15.2 Å². The van der Waals surface area contributed by atoms with Crippen LogP contribution in [0.25, 0.3) is 0 Å². The lowest BCUT2D eigenvalue weighted by Gasteiger charge is -2.17. The molecule has 0 bridgehead atoms. The summed E-state index contributed by atoms with van der Waals surface area (Å²) in [6.45, 7) is 4.25. The second-order valence-corrected chi connectivity index (χ2v) is 5.99. The molecule has 0 aliphatic rings. The van der Waals surface area contributed by atoms with Gasteiger partial charge in [0.05, 0.1) is 11.7 Å². The van der Waals surface area contributed by atoms with E-state index in [1.165, 1.54) is 12.1 Å². The van der Waals surface area contributed by atoms with Crippen LogP contribution in [0.1, 0.15) is 43.6 Å². The van der Waals surface area contributed by atoms with Crippen LogP contribution < -0.4 is 11.3 Å². The van der Waals surface area contributed by atoms with Gasteiger partial charge in [-0.1, -0.05) is 22.9 Å². The summed E-state index contributed by atoms with van der Waals surface area (Å²) in [6.07, 6.45) is 3.59. The average molecular weight is 355 g/mol. The van der Waals surface area contributed by atoms with Crippen molar-refractivity contribution in [2.45, 2.75) is 38.8 Å². The largest absolute Gasteiger partial charge is 0.271 e. The first-order valence-corrected chi connectivity index (χ1v) is 7.79. The first-order valence-electron chi connectivity index (χ1n) is 7.00. The molecule has 2 atom stereocenters. The number of nitrogens with two attached hydrogens (primary N) is 1. The van der Waals surface area contributed by atoms with Gasteiger partial charge in [-0.15, -0.1) is 0 Å². The van der Waals surface area contributed by atoms with Crippen molar-refractivity contribution in [3.05, 3.63) is 52.0 Å². The lowest BCUT2D eigenvalue weighted by molar-refractivity contribution is 0.466. The van der Waals surface area contributed by atoms with Gasteiger partial charge in [-0.05, 0) is 43.2 Å². The van der Waals surface area contributed by atoms with Crippen LogP contribution in [0.15, 0.2) is 34.9 Å². The van der Waals surface area contributed by atoms with E-state index in [0.29, 0.717) is 12.5 Å². The van der Waals surface area contributed by atoms with Crippen molar-refractivity contribution in [1.29, 1.82) is 0 Å². The van der Waals surface area contributed by atoms with Gasteiger partial charge in [0.25, 0.3) is 0 Å². The molecule has 0 fully saturated rings. The summed E-state index contributed by atoms with van der Waals surface area (Å²) < 4.78 is 16.2. The molecule has 2 rings (SSSR count). The summed E-state index contributed by atoms with van der Waals surface area (Å²) in [6, 6.07) is 6.73. The van der Waals surface area contributed by atoms with Crippen LogP contribution >= 0.6 is 15.9 Å². The van der Waals surface area contributed by atoms with Crippen LogP contribution in [0.5, 0.6) is 0 Å². The van der Waals surface area contributed by atoms with E-state index in [1.54, 1.807) is 6.07 Å². The minimum absolute atomic E-state index is 0.199. The molecular weight excluding hydrogens is 335 g/mol. The van der Waals surface area contributed by atoms with Crippen LogP contribution in [-0.2, 0) is 6.42 Å². The number of halogens is 2. The second kappa shape index (κ2) is 7.15. The molecule has 0 amide bonds. The summed E-state index contributed by atoms with van der Waals surface area (Å²) in [4.78, 5) is 0. The van der Waals surface area contributed by atoms with Crippen molar-refractivity contribution in [2.75, 3.05) is 0 Å². The predicted octanol–water partition coefficient (Wildman–Crippen LogP) is 3.50. The van der Waals surface area contributed by atoms with Gasteiger partial charge in [0, 0.05) is 23.1 Å². The lowest BCUT2D eigenvalue weighted by atomic mass is 10.0. The maximum atomic E-state index is 13.4. The molecule has 0 aliphatic carbocycles. The average Bonchev–Trinajstić information content (AvgIpc) is 2.95. The lowest BCUT2D eigenvalue weighted by Crippen LogP contribution is -2.30. The molecule has 6 heteroatoms. The third-order valence-electron chi connectivity index (χ3n) is 3.65. The third-order valence-corrected chi connectivity index (χ3v) is 4.38. The van der Waals surface area contributed by atoms with Gasteiger partial charge >= 0.3 is 0 Å². The number of hydrazine groups is 1. The van der Waals surface area contributed by atoms with Crippen molar-refractivity contribution < 1.29 is 4.39 Å². The molecule has 1 heterocycles. The number of nitrogens with zero attached hydrogens (tertiary/aromatic N) is 2. The standard InChI is InChI=1S/C15H20BrFN4/c1-3-10(2)21-7-6-12(20-21)9-15(19-18)13-8-11(17)4-5-14(13)16/h4-8,10,15,19H,3,9,18H2,1-2H3. The Balaban J connectivity index is 2.19. The molecule has 4 nitrogen and oxygen atoms in total. The second-order valence-electron chi connectivity index (χ2n) is 5.13. The quantitative estimate of drug-likeness (QED) is 0.616. The Morgan fingerprint density at radius 2 is 2.19 bits per heavy atom. The molecule has 21 heavy (non-hydrogen) atoms. The van der Waals surface area contributed by atoms with E-state index in [9.17, 15) is 4.39 Å². The number of hydrogen-bond donors (Lipinski definition) is 2. The zero-order valence-corrected chi connectivity index (χ0v) is 13.8. The topological polar surface area (TPSA) is 55.9 Å². The minimum Gasteiger partial charge on any atom is -0.271 e. The zero-order valence-electron chi connectivity index (χ0n) is 12.2. The molecular formula is C15H20BrFN4. The Bertz CT molecular complexity index is 599. The van der Waals surface area contributed by atoms with E-state index in [-0.39, 0.29) is 11.9 Å². The zero-order chi connectivity index (χ0) is 15.4. The summed E-state index contributed by atoms with van der Waals surface area (Å²) in [5.41, 5.74) is 4.45. The molecule has 1 aromatic carbocycles. The fourth-order valence-corrected chi connectivity index (χ4v) is 2.69. The summed E-state index contributed by atoms with van der Waals surface area (Å²) in [5, 5.41) is 4.56. The number of rotatable bonds is 6. The van der Waals surface area contributed by atoms with Gasteiger partial charge in [0.1, 0.15) is 5.82 Å². The number of aromatic nitrogens is 2. The summed E-state index contributed by atoms with van der Waals surface area (Å²) >= 11 is 3.44. The van der Waals surface area contributed by atoms with Crippen molar-refractivity contribution in [3.8, 4) is 0 Å². The van der Waals surface area contributed by atoms with Crippen LogP contribution in [0.3, 0.4) is 0 Å².